The van der Waals surface area contributed by atoms with Gasteiger partial charge >= 0.3 is 0 Å². The normalized spacial score (nSPS) is 17.7. The number of ketones is 1. The van der Waals surface area contributed by atoms with Gasteiger partial charge in [0.1, 0.15) is 35.8 Å². The van der Waals surface area contributed by atoms with Crippen LogP contribution >= 0.6 is 11.6 Å². The molecular formula is C53H55ClO9. The zero-order valence-corrected chi connectivity index (χ0v) is 36.7. The van der Waals surface area contributed by atoms with Crippen molar-refractivity contribution in [1.29, 1.82) is 0 Å². The molecule has 7 rings (SSSR count). The highest BCUT2D eigenvalue weighted by molar-refractivity contribution is 6.31. The van der Waals surface area contributed by atoms with E-state index in [-0.39, 0.29) is 45.2 Å². The lowest BCUT2D eigenvalue weighted by Gasteiger charge is -2.40. The first-order chi connectivity index (χ1) is 30.6. The van der Waals surface area contributed by atoms with Crippen LogP contribution in [0.25, 0.3) is 0 Å². The number of aliphatic hydroxyl groups excluding tert-OH is 1. The number of halogens is 1. The molecule has 328 valence electrons. The molecule has 5 atom stereocenters. The minimum Gasteiger partial charge on any atom is -0.494 e. The van der Waals surface area contributed by atoms with Crippen molar-refractivity contribution >= 4 is 17.4 Å². The predicted molar refractivity (Wildman–Crippen MR) is 242 cm³/mol. The smallest absolute Gasteiger partial charge is 0.194 e. The molecule has 9 nitrogen and oxygen atoms in total. The highest BCUT2D eigenvalue weighted by atomic mass is 35.5. The van der Waals surface area contributed by atoms with Crippen LogP contribution in [-0.4, -0.2) is 60.4 Å². The molecule has 63 heavy (non-hydrogen) atoms. The van der Waals surface area contributed by atoms with Crippen LogP contribution in [0.1, 0.15) is 70.6 Å². The van der Waals surface area contributed by atoms with Crippen LogP contribution in [0.2, 0.25) is 5.02 Å². The molecule has 0 amide bonds. The Balaban J connectivity index is 1.26. The third-order valence-electron chi connectivity index (χ3n) is 10.8. The highest BCUT2D eigenvalue weighted by Crippen LogP contribution is 2.39. The molecule has 0 aliphatic carbocycles. The van der Waals surface area contributed by atoms with Crippen molar-refractivity contribution in [2.45, 2.75) is 83.0 Å². The Kier molecular flexibility index (Phi) is 15.9. The Morgan fingerprint density at radius 3 is 1.73 bits per heavy atom. The van der Waals surface area contributed by atoms with E-state index < -0.39 is 41.6 Å². The molecule has 0 radical (unpaired) electrons. The summed E-state index contributed by atoms with van der Waals surface area (Å²) in [5.74, 6) is -0.829. The van der Waals surface area contributed by atoms with Gasteiger partial charge in [-0.05, 0) is 78.9 Å². The molecule has 1 saturated heterocycles. The van der Waals surface area contributed by atoms with Crippen LogP contribution < -0.4 is 4.74 Å². The molecule has 6 aromatic carbocycles. The van der Waals surface area contributed by atoms with Crippen LogP contribution in [-0.2, 0) is 54.8 Å². The summed E-state index contributed by atoms with van der Waals surface area (Å²) in [6.07, 6.45) is -4.89. The summed E-state index contributed by atoms with van der Waals surface area (Å²) in [6.45, 7) is 6.73. The zero-order valence-electron chi connectivity index (χ0n) is 35.9. The number of hydrogen-bond acceptors (Lipinski definition) is 9. The van der Waals surface area contributed by atoms with Gasteiger partial charge in [0.2, 0.25) is 0 Å². The average Bonchev–Trinajstić information content (AvgIpc) is 3.63. The molecule has 0 bridgehead atoms. The third-order valence-corrected chi connectivity index (χ3v) is 11.2. The molecule has 0 saturated carbocycles. The minimum absolute atomic E-state index is 0.0124. The number of carbonyl (C=O) groups excluding carboxylic acids is 1. The Bertz CT molecular complexity index is 2310. The van der Waals surface area contributed by atoms with Gasteiger partial charge in [-0.25, -0.2) is 0 Å². The Labute approximate surface area is 375 Å². The number of rotatable bonds is 22. The van der Waals surface area contributed by atoms with Crippen LogP contribution in [0.4, 0.5) is 0 Å². The minimum atomic E-state index is -1.59. The molecule has 5 unspecified atom stereocenters. The van der Waals surface area contributed by atoms with Gasteiger partial charge in [0.25, 0.3) is 0 Å². The topological polar surface area (TPSA) is 102 Å². The van der Waals surface area contributed by atoms with Gasteiger partial charge in [0.15, 0.2) is 11.6 Å². The van der Waals surface area contributed by atoms with Crippen LogP contribution in [0.5, 0.6) is 5.75 Å². The first kappa shape index (κ1) is 45.8. The Morgan fingerprint density at radius 2 is 1.21 bits per heavy atom. The van der Waals surface area contributed by atoms with Crippen molar-refractivity contribution in [2.75, 3.05) is 19.8 Å². The van der Waals surface area contributed by atoms with Crippen LogP contribution in [0.3, 0.4) is 0 Å². The van der Waals surface area contributed by atoms with E-state index >= 15 is 4.79 Å². The number of aliphatic hydroxyl groups is 1. The second kappa shape index (κ2) is 21.9. The second-order valence-electron chi connectivity index (χ2n) is 16.0. The predicted octanol–water partition coefficient (Wildman–Crippen LogP) is 10.5. The fourth-order valence-corrected chi connectivity index (χ4v) is 7.93. The molecule has 1 heterocycles. The number of carbonyl (C=O) groups is 1. The molecule has 1 aliphatic heterocycles. The van der Waals surface area contributed by atoms with Gasteiger partial charge in [0, 0.05) is 16.1 Å². The summed E-state index contributed by atoms with van der Waals surface area (Å²) in [7, 11) is 0. The van der Waals surface area contributed by atoms with Crippen LogP contribution in [0, 0.1) is 0 Å². The van der Waals surface area contributed by atoms with E-state index in [0.717, 1.165) is 33.6 Å². The van der Waals surface area contributed by atoms with E-state index in [1.807, 2.05) is 153 Å². The van der Waals surface area contributed by atoms with E-state index in [0.29, 0.717) is 17.2 Å². The summed E-state index contributed by atoms with van der Waals surface area (Å²) in [4.78, 5) is 15.2. The molecule has 0 aromatic heterocycles. The summed E-state index contributed by atoms with van der Waals surface area (Å²) >= 11 is 7.00. The highest BCUT2D eigenvalue weighted by Gasteiger charge is 2.56. The maximum absolute atomic E-state index is 15.2. The van der Waals surface area contributed by atoms with E-state index in [2.05, 4.69) is 0 Å². The summed E-state index contributed by atoms with van der Waals surface area (Å²) in [5, 5.41) is 13.2. The molecular weight excluding hydrogens is 816 g/mol. The lowest BCUT2D eigenvalue weighted by atomic mass is 9.87. The van der Waals surface area contributed by atoms with E-state index in [1.54, 1.807) is 32.0 Å². The summed E-state index contributed by atoms with van der Waals surface area (Å²) in [6, 6.07) is 51.4. The SMILES string of the molecule is CCOc1ccc(C(OCc2ccccc2)c2cc(C(=O)C(OCc3ccccc3)C(O)C(OCc3ccccc3)C3(COCc4ccccc4)COC(C)(C)O3)ccc2Cl)cc1. The van der Waals surface area contributed by atoms with Crippen molar-refractivity contribution in [3.05, 3.63) is 208 Å². The van der Waals surface area contributed by atoms with E-state index in [1.165, 1.54) is 0 Å². The van der Waals surface area contributed by atoms with Crippen LogP contribution in [0.15, 0.2) is 164 Å². The monoisotopic (exact) mass is 870 g/mol. The fraction of sp³-hybridized carbons (Fsp3) is 0.302. The third kappa shape index (κ3) is 12.3. The van der Waals surface area contributed by atoms with E-state index in [9.17, 15) is 5.11 Å². The number of hydrogen-bond donors (Lipinski definition) is 1. The number of ether oxygens (including phenoxy) is 7. The Hall–Kier alpha value is -5.20. The largest absolute Gasteiger partial charge is 0.494 e. The maximum Gasteiger partial charge on any atom is 0.194 e. The van der Waals surface area contributed by atoms with Gasteiger partial charge in [-0.15, -0.1) is 0 Å². The Morgan fingerprint density at radius 1 is 0.683 bits per heavy atom. The molecule has 6 aromatic rings. The number of benzene rings is 6. The van der Waals surface area contributed by atoms with Crippen molar-refractivity contribution < 1.29 is 43.1 Å². The van der Waals surface area contributed by atoms with Gasteiger partial charge in [-0.3, -0.25) is 4.79 Å². The lowest BCUT2D eigenvalue weighted by molar-refractivity contribution is -0.236. The lowest BCUT2D eigenvalue weighted by Crippen LogP contribution is -2.60. The molecule has 10 heteroatoms. The fourth-order valence-electron chi connectivity index (χ4n) is 7.71. The average molecular weight is 871 g/mol. The van der Waals surface area contributed by atoms with Crippen molar-refractivity contribution in [1.82, 2.24) is 0 Å². The molecule has 1 N–H and O–H groups in total. The van der Waals surface area contributed by atoms with Crippen molar-refractivity contribution in [2.24, 2.45) is 0 Å². The van der Waals surface area contributed by atoms with E-state index in [4.69, 9.17) is 44.8 Å². The second-order valence-corrected chi connectivity index (χ2v) is 16.4. The quantitative estimate of drug-likeness (QED) is 0.0668. The number of Topliss-reactive ketones (excluding diaryl/α,β-unsaturated/α-hetero) is 1. The molecule has 0 spiro atoms. The first-order valence-electron chi connectivity index (χ1n) is 21.3. The summed E-state index contributed by atoms with van der Waals surface area (Å²) in [5.41, 5.74) is 3.87. The van der Waals surface area contributed by atoms with Crippen molar-refractivity contribution in [3.63, 3.8) is 0 Å². The van der Waals surface area contributed by atoms with Gasteiger partial charge in [-0.2, -0.15) is 0 Å². The summed E-state index contributed by atoms with van der Waals surface area (Å²) < 4.78 is 44.9. The van der Waals surface area contributed by atoms with Crippen molar-refractivity contribution in [3.8, 4) is 5.75 Å². The molecule has 1 fully saturated rings. The first-order valence-corrected chi connectivity index (χ1v) is 21.7. The van der Waals surface area contributed by atoms with Gasteiger partial charge < -0.3 is 38.3 Å². The molecule has 1 aliphatic rings. The maximum atomic E-state index is 15.2. The van der Waals surface area contributed by atoms with Gasteiger partial charge in [0.05, 0.1) is 46.2 Å². The zero-order chi connectivity index (χ0) is 44.1. The van der Waals surface area contributed by atoms with Gasteiger partial charge in [-0.1, -0.05) is 145 Å². The standard InChI is InChI=1S/C53H55ClO9/c1-4-58-44-28-25-42(26-29-44)49(59-33-39-19-11-6-12-20-39)45-31-43(27-30-46(45)54)47(55)50(60-34-40-21-13-7-14-22-40)48(56)51(61-35-41-23-15-8-16-24-41)53(37-62-52(2,3)63-53)36-57-32-38-17-9-5-10-18-38/h5-31,48-51,56H,4,32-37H2,1-3H3.